The Hall–Kier alpha value is -2.55. The molecule has 2 unspecified atom stereocenters. The molecule has 1 amide bonds. The molecule has 0 aromatic heterocycles. The number of likely N-dealkylation sites (tertiary alicyclic amines) is 1. The Balaban J connectivity index is 1.33. The lowest BCUT2D eigenvalue weighted by Gasteiger charge is -2.44. The van der Waals surface area contributed by atoms with Gasteiger partial charge in [-0.2, -0.15) is 8.78 Å². The van der Waals surface area contributed by atoms with E-state index in [1.165, 1.54) is 12.1 Å². The largest absolute Gasteiger partial charge is 0.435 e. The van der Waals surface area contributed by atoms with Gasteiger partial charge in [0.05, 0.1) is 24.9 Å². The van der Waals surface area contributed by atoms with Crippen molar-refractivity contribution in [2.24, 2.45) is 0 Å². The Morgan fingerprint density at radius 2 is 1.94 bits per heavy atom. The number of hydrogen-bond acceptors (Lipinski definition) is 5. The number of nitrogens with zero attached hydrogens (tertiary/aromatic N) is 1. The van der Waals surface area contributed by atoms with Gasteiger partial charge < -0.3 is 19.5 Å². The molecule has 0 aliphatic carbocycles. The van der Waals surface area contributed by atoms with E-state index >= 15 is 0 Å². The summed E-state index contributed by atoms with van der Waals surface area (Å²) in [6.07, 6.45) is 2.70. The summed E-state index contributed by atoms with van der Waals surface area (Å²) in [5, 5.41) is 2.81. The third kappa shape index (κ3) is 5.82. The number of halogens is 2. The molecular weight excluding hydrogens is 418 g/mol. The van der Waals surface area contributed by atoms with Crippen molar-refractivity contribution in [2.75, 3.05) is 31.6 Å². The van der Waals surface area contributed by atoms with Crippen LogP contribution in [-0.4, -0.2) is 55.4 Å². The van der Waals surface area contributed by atoms with Crippen LogP contribution in [0.25, 0.3) is 0 Å². The van der Waals surface area contributed by atoms with Crippen molar-refractivity contribution >= 4 is 11.6 Å². The number of carbonyl (C=O) groups excluding carboxylic acids is 1. The minimum Gasteiger partial charge on any atom is -0.435 e. The van der Waals surface area contributed by atoms with Gasteiger partial charge in [-0.1, -0.05) is 30.3 Å². The van der Waals surface area contributed by atoms with Gasteiger partial charge in [-0.05, 0) is 49.1 Å². The molecule has 2 aliphatic heterocycles. The first kappa shape index (κ1) is 22.6. The lowest BCUT2D eigenvalue weighted by Crippen LogP contribution is -2.57. The van der Waals surface area contributed by atoms with Crippen LogP contribution in [0.4, 0.5) is 14.5 Å². The van der Waals surface area contributed by atoms with Crippen LogP contribution in [0.3, 0.4) is 0 Å². The molecule has 32 heavy (non-hydrogen) atoms. The van der Waals surface area contributed by atoms with Crippen LogP contribution < -0.4 is 10.1 Å². The fourth-order valence-electron chi connectivity index (χ4n) is 4.41. The van der Waals surface area contributed by atoms with Gasteiger partial charge in [0.25, 0.3) is 0 Å². The summed E-state index contributed by atoms with van der Waals surface area (Å²) < 4.78 is 41.3. The number of ether oxygens (including phenoxy) is 3. The first-order valence-electron chi connectivity index (χ1n) is 10.9. The third-order valence-corrected chi connectivity index (χ3v) is 6.02. The summed E-state index contributed by atoms with van der Waals surface area (Å²) in [6.45, 7) is -0.0444. The van der Waals surface area contributed by atoms with Crippen LogP contribution in [0.2, 0.25) is 0 Å². The third-order valence-electron chi connectivity index (χ3n) is 6.02. The second-order valence-electron chi connectivity index (χ2n) is 8.24. The molecule has 1 N–H and O–H groups in total. The minimum atomic E-state index is -2.88. The van der Waals surface area contributed by atoms with E-state index in [1.54, 1.807) is 12.1 Å². The zero-order valence-electron chi connectivity index (χ0n) is 17.8. The van der Waals surface area contributed by atoms with E-state index in [1.807, 2.05) is 30.3 Å². The van der Waals surface area contributed by atoms with Crippen LogP contribution in [0.1, 0.15) is 24.8 Å². The molecule has 2 heterocycles. The highest BCUT2D eigenvalue weighted by molar-refractivity contribution is 5.92. The fourth-order valence-corrected chi connectivity index (χ4v) is 4.41. The van der Waals surface area contributed by atoms with E-state index in [4.69, 9.17) is 9.47 Å². The Kier molecular flexibility index (Phi) is 7.34. The van der Waals surface area contributed by atoms with Crippen molar-refractivity contribution in [2.45, 2.75) is 44.2 Å². The molecule has 0 bridgehead atoms. The summed E-state index contributed by atoms with van der Waals surface area (Å²) in [6, 6.07) is 15.9. The smallest absolute Gasteiger partial charge is 0.387 e. The van der Waals surface area contributed by atoms with E-state index in [0.717, 1.165) is 38.0 Å². The lowest BCUT2D eigenvalue weighted by atomic mass is 9.85. The first-order valence-corrected chi connectivity index (χ1v) is 10.9. The molecule has 0 saturated carbocycles. The second kappa shape index (κ2) is 10.4. The normalized spacial score (nSPS) is 23.5. The predicted octanol–water partition coefficient (Wildman–Crippen LogP) is 4.07. The van der Waals surface area contributed by atoms with Gasteiger partial charge in [0, 0.05) is 25.4 Å². The maximum absolute atomic E-state index is 12.6. The van der Waals surface area contributed by atoms with Gasteiger partial charge in [0.2, 0.25) is 5.91 Å². The van der Waals surface area contributed by atoms with Crippen molar-refractivity contribution < 1.29 is 27.8 Å². The average Bonchev–Trinajstić information content (AvgIpc) is 3.25. The summed E-state index contributed by atoms with van der Waals surface area (Å²) in [5.74, 6) is -0.119. The predicted molar refractivity (Wildman–Crippen MR) is 116 cm³/mol. The van der Waals surface area contributed by atoms with Gasteiger partial charge in [-0.15, -0.1) is 0 Å². The van der Waals surface area contributed by atoms with Crippen molar-refractivity contribution in [3.63, 3.8) is 0 Å². The maximum atomic E-state index is 12.6. The van der Waals surface area contributed by atoms with Crippen LogP contribution in [0.15, 0.2) is 54.6 Å². The molecule has 2 fully saturated rings. The Labute approximate surface area is 186 Å². The van der Waals surface area contributed by atoms with Gasteiger partial charge in [0.15, 0.2) is 0 Å². The number of nitrogens with one attached hydrogen (secondary N) is 1. The summed E-state index contributed by atoms with van der Waals surface area (Å²) in [5.41, 5.74) is 1.36. The first-order chi connectivity index (χ1) is 15.5. The standard InChI is InChI=1S/C24H28F2N2O4/c25-23(26)32-20-9-7-19(8-10-20)27-22(29)16-28-13-12-24(11-4-14-31-24)21(15-28)30-17-18-5-2-1-3-6-18/h1-3,5-10,21,23H,4,11-17H2,(H,27,29). The summed E-state index contributed by atoms with van der Waals surface area (Å²) in [4.78, 5) is 14.6. The van der Waals surface area contributed by atoms with Crippen molar-refractivity contribution in [3.05, 3.63) is 60.2 Å². The molecule has 0 radical (unpaired) electrons. The van der Waals surface area contributed by atoms with Gasteiger partial charge >= 0.3 is 6.61 Å². The number of hydrogen-bond donors (Lipinski definition) is 1. The van der Waals surface area contributed by atoms with Gasteiger partial charge in [-0.3, -0.25) is 9.69 Å². The molecule has 8 heteroatoms. The maximum Gasteiger partial charge on any atom is 0.387 e. The van der Waals surface area contributed by atoms with E-state index < -0.39 is 6.61 Å². The van der Waals surface area contributed by atoms with Crippen molar-refractivity contribution in [1.82, 2.24) is 4.90 Å². The SMILES string of the molecule is O=C(CN1CCC2(CCCO2)C(OCc2ccccc2)C1)Nc1ccc(OC(F)F)cc1. The molecule has 2 aromatic carbocycles. The number of benzene rings is 2. The fraction of sp³-hybridized carbons (Fsp3) is 0.458. The zero-order chi connectivity index (χ0) is 22.4. The molecular formula is C24H28F2N2O4. The summed E-state index contributed by atoms with van der Waals surface area (Å²) >= 11 is 0. The van der Waals surface area contributed by atoms with Crippen LogP contribution in [0.5, 0.6) is 5.75 Å². The Bertz CT molecular complexity index is 873. The number of carbonyl (C=O) groups is 1. The van der Waals surface area contributed by atoms with Crippen molar-refractivity contribution in [3.8, 4) is 5.75 Å². The molecule has 2 aromatic rings. The van der Waals surface area contributed by atoms with Crippen LogP contribution in [0, 0.1) is 0 Å². The van der Waals surface area contributed by atoms with E-state index in [2.05, 4.69) is 15.0 Å². The molecule has 172 valence electrons. The number of piperidine rings is 1. The zero-order valence-corrected chi connectivity index (χ0v) is 17.8. The highest BCUT2D eigenvalue weighted by Gasteiger charge is 2.47. The Morgan fingerprint density at radius 3 is 2.62 bits per heavy atom. The van der Waals surface area contributed by atoms with E-state index in [9.17, 15) is 13.6 Å². The number of rotatable bonds is 8. The number of anilines is 1. The molecule has 6 nitrogen and oxygen atoms in total. The number of alkyl halides is 2. The van der Waals surface area contributed by atoms with Gasteiger partial charge in [-0.25, -0.2) is 0 Å². The molecule has 1 spiro atoms. The van der Waals surface area contributed by atoms with Gasteiger partial charge in [0.1, 0.15) is 5.75 Å². The topological polar surface area (TPSA) is 60.0 Å². The molecule has 2 atom stereocenters. The average molecular weight is 446 g/mol. The summed E-state index contributed by atoms with van der Waals surface area (Å²) in [7, 11) is 0. The Morgan fingerprint density at radius 1 is 1.16 bits per heavy atom. The molecule has 4 rings (SSSR count). The second-order valence-corrected chi connectivity index (χ2v) is 8.24. The van der Waals surface area contributed by atoms with Crippen molar-refractivity contribution in [1.29, 1.82) is 0 Å². The van der Waals surface area contributed by atoms with E-state index in [-0.39, 0.29) is 29.9 Å². The lowest BCUT2D eigenvalue weighted by molar-refractivity contribution is -0.159. The molecule has 2 aliphatic rings. The van der Waals surface area contributed by atoms with E-state index in [0.29, 0.717) is 18.8 Å². The minimum absolute atomic E-state index is 0.0503. The quantitative estimate of drug-likeness (QED) is 0.663. The van der Waals surface area contributed by atoms with Crippen LogP contribution in [-0.2, 0) is 20.9 Å². The number of amides is 1. The molecule has 2 saturated heterocycles. The highest BCUT2D eigenvalue weighted by atomic mass is 19.3. The van der Waals surface area contributed by atoms with Crippen LogP contribution >= 0.6 is 0 Å². The highest BCUT2D eigenvalue weighted by Crippen LogP contribution is 2.38. The monoisotopic (exact) mass is 446 g/mol.